The van der Waals surface area contributed by atoms with Gasteiger partial charge in [-0.15, -0.1) is 11.3 Å². The molecule has 1 unspecified atom stereocenters. The first kappa shape index (κ1) is 13.8. The number of thiophene rings is 1. The third kappa shape index (κ3) is 2.23. The third-order valence-corrected chi connectivity index (χ3v) is 4.67. The molecule has 2 N–H and O–H groups in total. The number of carboxylic acid groups (broad SMARTS) is 2. The molecule has 110 valence electrons. The fourth-order valence-corrected chi connectivity index (χ4v) is 3.64. The van der Waals surface area contributed by atoms with Gasteiger partial charge in [0.05, 0.1) is 16.5 Å². The Labute approximate surface area is 124 Å². The Morgan fingerprint density at radius 2 is 2.14 bits per heavy atom. The largest absolute Gasteiger partial charge is 0.481 e. The van der Waals surface area contributed by atoms with Crippen LogP contribution in [0, 0.1) is 6.92 Å². The number of aryl methyl sites for hydroxylation is 1. The lowest BCUT2D eigenvalue weighted by atomic mass is 9.94. The summed E-state index contributed by atoms with van der Waals surface area (Å²) in [5.41, 5.74) is 0.186. The topological polar surface area (TPSA) is 92.4 Å². The van der Waals surface area contributed by atoms with Crippen LogP contribution in [0.25, 0.3) is 10.7 Å². The Kier molecular flexibility index (Phi) is 3.29. The molecule has 2 aromatic rings. The van der Waals surface area contributed by atoms with Gasteiger partial charge in [-0.05, 0) is 31.9 Å². The number of aromatic carboxylic acids is 1. The zero-order chi connectivity index (χ0) is 15.1. The number of fused-ring (bicyclic) bond motifs is 1. The fourth-order valence-electron chi connectivity index (χ4n) is 2.78. The highest BCUT2D eigenvalue weighted by atomic mass is 32.1. The van der Waals surface area contributed by atoms with Gasteiger partial charge in [0.25, 0.3) is 0 Å². The average Bonchev–Trinajstić information content (AvgIpc) is 3.01. The molecule has 21 heavy (non-hydrogen) atoms. The van der Waals surface area contributed by atoms with Crippen LogP contribution >= 0.6 is 11.3 Å². The van der Waals surface area contributed by atoms with Crippen molar-refractivity contribution in [2.75, 3.05) is 0 Å². The lowest BCUT2D eigenvalue weighted by Gasteiger charge is -2.22. The summed E-state index contributed by atoms with van der Waals surface area (Å²) in [7, 11) is 0. The van der Waals surface area contributed by atoms with Gasteiger partial charge in [0.2, 0.25) is 0 Å². The summed E-state index contributed by atoms with van der Waals surface area (Å²) in [5.74, 6) is -2.41. The average molecular weight is 306 g/mol. The van der Waals surface area contributed by atoms with Crippen LogP contribution in [-0.4, -0.2) is 31.7 Å². The van der Waals surface area contributed by atoms with Gasteiger partial charge in [0, 0.05) is 11.4 Å². The molecule has 3 heterocycles. The monoisotopic (exact) mass is 306 g/mol. The highest BCUT2D eigenvalue weighted by Gasteiger charge is 2.35. The standard InChI is InChI=1S/C14H14N2O4S/c1-7-4-5-9(21-7)12-15-10(14(19)20)11-8(13(17)18)3-2-6-16(11)12/h4-5,8H,2-3,6H2,1H3,(H,17,18)(H,19,20). The summed E-state index contributed by atoms with van der Waals surface area (Å²) >= 11 is 1.52. The molecule has 2 aromatic heterocycles. The molecular formula is C14H14N2O4S. The van der Waals surface area contributed by atoms with E-state index in [1.807, 2.05) is 19.1 Å². The number of aromatic nitrogens is 2. The minimum absolute atomic E-state index is 0.136. The number of carbonyl (C=O) groups is 2. The normalized spacial score (nSPS) is 17.5. The molecule has 0 saturated carbocycles. The van der Waals surface area contributed by atoms with Crippen LogP contribution in [0.3, 0.4) is 0 Å². The Bertz CT molecular complexity index is 731. The number of nitrogens with zero attached hydrogens (tertiary/aromatic N) is 2. The minimum Gasteiger partial charge on any atom is -0.481 e. The van der Waals surface area contributed by atoms with Gasteiger partial charge >= 0.3 is 11.9 Å². The lowest BCUT2D eigenvalue weighted by Crippen LogP contribution is -2.24. The van der Waals surface area contributed by atoms with E-state index in [1.165, 1.54) is 11.3 Å². The molecule has 0 saturated heterocycles. The summed E-state index contributed by atoms with van der Waals surface area (Å²) in [6.07, 6.45) is 1.15. The molecule has 0 spiro atoms. The van der Waals surface area contributed by atoms with Crippen molar-refractivity contribution in [2.45, 2.75) is 32.2 Å². The predicted molar refractivity (Wildman–Crippen MR) is 76.8 cm³/mol. The van der Waals surface area contributed by atoms with E-state index in [0.717, 1.165) is 9.75 Å². The van der Waals surface area contributed by atoms with Gasteiger partial charge in [0.1, 0.15) is 0 Å². The molecule has 1 aliphatic rings. The Hall–Kier alpha value is -2.15. The van der Waals surface area contributed by atoms with Crippen LogP contribution in [0.5, 0.6) is 0 Å². The van der Waals surface area contributed by atoms with E-state index in [1.54, 1.807) is 4.57 Å². The molecule has 0 bridgehead atoms. The molecule has 1 aliphatic heterocycles. The maximum atomic E-state index is 11.4. The van der Waals surface area contributed by atoms with Crippen molar-refractivity contribution in [1.82, 2.24) is 9.55 Å². The van der Waals surface area contributed by atoms with Crippen LogP contribution < -0.4 is 0 Å². The van der Waals surface area contributed by atoms with E-state index in [2.05, 4.69) is 4.98 Å². The number of hydrogen-bond donors (Lipinski definition) is 2. The van der Waals surface area contributed by atoms with Crippen molar-refractivity contribution >= 4 is 23.3 Å². The number of aliphatic carboxylic acids is 1. The van der Waals surface area contributed by atoms with Gasteiger partial charge in [-0.25, -0.2) is 9.78 Å². The van der Waals surface area contributed by atoms with Crippen LogP contribution in [0.4, 0.5) is 0 Å². The summed E-state index contributed by atoms with van der Waals surface area (Å²) in [6, 6.07) is 3.84. The maximum Gasteiger partial charge on any atom is 0.356 e. The van der Waals surface area contributed by atoms with Crippen LogP contribution in [0.2, 0.25) is 0 Å². The molecule has 0 radical (unpaired) electrons. The van der Waals surface area contributed by atoms with Crippen molar-refractivity contribution in [3.8, 4) is 10.7 Å². The third-order valence-electron chi connectivity index (χ3n) is 3.67. The second kappa shape index (κ2) is 5.00. The first-order chi connectivity index (χ1) is 9.99. The smallest absolute Gasteiger partial charge is 0.356 e. The van der Waals surface area contributed by atoms with Gasteiger partial charge in [-0.3, -0.25) is 4.79 Å². The summed E-state index contributed by atoms with van der Waals surface area (Å²) in [4.78, 5) is 29.0. The zero-order valence-corrected chi connectivity index (χ0v) is 12.2. The van der Waals surface area contributed by atoms with Crippen molar-refractivity contribution in [3.63, 3.8) is 0 Å². The predicted octanol–water partition coefficient (Wildman–Crippen LogP) is 2.58. The molecule has 6 nitrogen and oxygen atoms in total. The van der Waals surface area contributed by atoms with Gasteiger partial charge in [-0.1, -0.05) is 0 Å². The van der Waals surface area contributed by atoms with E-state index in [0.29, 0.717) is 30.9 Å². The molecular weight excluding hydrogens is 292 g/mol. The van der Waals surface area contributed by atoms with Gasteiger partial charge < -0.3 is 14.8 Å². The second-order valence-electron chi connectivity index (χ2n) is 5.07. The number of hydrogen-bond acceptors (Lipinski definition) is 4. The molecule has 0 aliphatic carbocycles. The highest BCUT2D eigenvalue weighted by Crippen LogP contribution is 2.36. The van der Waals surface area contributed by atoms with Crippen molar-refractivity contribution in [2.24, 2.45) is 0 Å². The first-order valence-corrected chi connectivity index (χ1v) is 7.44. The van der Waals surface area contributed by atoms with E-state index in [9.17, 15) is 19.8 Å². The van der Waals surface area contributed by atoms with E-state index >= 15 is 0 Å². The van der Waals surface area contributed by atoms with Crippen molar-refractivity contribution in [1.29, 1.82) is 0 Å². The summed E-state index contributed by atoms with van der Waals surface area (Å²) in [6.45, 7) is 2.57. The zero-order valence-electron chi connectivity index (χ0n) is 11.4. The number of imidazole rings is 1. The second-order valence-corrected chi connectivity index (χ2v) is 6.36. The van der Waals surface area contributed by atoms with Gasteiger partial charge in [-0.2, -0.15) is 0 Å². The molecule has 3 rings (SSSR count). The molecule has 1 atom stereocenters. The highest BCUT2D eigenvalue weighted by molar-refractivity contribution is 7.15. The molecule has 0 aromatic carbocycles. The van der Waals surface area contributed by atoms with Crippen molar-refractivity contribution < 1.29 is 19.8 Å². The molecule has 0 fully saturated rings. The number of rotatable bonds is 3. The first-order valence-electron chi connectivity index (χ1n) is 6.62. The maximum absolute atomic E-state index is 11.4. The quantitative estimate of drug-likeness (QED) is 0.909. The van der Waals surface area contributed by atoms with E-state index in [-0.39, 0.29) is 5.69 Å². The lowest BCUT2D eigenvalue weighted by molar-refractivity contribution is -0.139. The fraction of sp³-hybridized carbons (Fsp3) is 0.357. The van der Waals surface area contributed by atoms with E-state index in [4.69, 9.17) is 0 Å². The molecule has 0 amide bonds. The number of carboxylic acids is 2. The summed E-state index contributed by atoms with van der Waals surface area (Å²) in [5, 5.41) is 18.7. The summed E-state index contributed by atoms with van der Waals surface area (Å²) < 4.78 is 1.76. The van der Waals surface area contributed by atoms with Crippen LogP contribution in [0.1, 0.15) is 39.8 Å². The van der Waals surface area contributed by atoms with Crippen LogP contribution in [0.15, 0.2) is 12.1 Å². The minimum atomic E-state index is -1.17. The van der Waals surface area contributed by atoms with E-state index < -0.39 is 17.9 Å². The Morgan fingerprint density at radius 1 is 1.38 bits per heavy atom. The SMILES string of the molecule is Cc1ccc(-c2nc(C(=O)O)c3n2CCCC3C(=O)O)s1. The van der Waals surface area contributed by atoms with Crippen molar-refractivity contribution in [3.05, 3.63) is 28.4 Å². The Morgan fingerprint density at radius 3 is 2.71 bits per heavy atom. The Balaban J connectivity index is 2.22. The van der Waals surface area contributed by atoms with Gasteiger partial charge in [0.15, 0.2) is 11.5 Å². The molecule has 7 heteroatoms. The van der Waals surface area contributed by atoms with Crippen LogP contribution in [-0.2, 0) is 11.3 Å².